The Bertz CT molecular complexity index is 391. The van der Waals surface area contributed by atoms with Crippen molar-refractivity contribution in [3.63, 3.8) is 0 Å². The summed E-state index contributed by atoms with van der Waals surface area (Å²) in [7, 11) is 2.04. The van der Waals surface area contributed by atoms with Crippen molar-refractivity contribution < 1.29 is 9.84 Å². The van der Waals surface area contributed by atoms with Crippen molar-refractivity contribution in [2.45, 2.75) is 31.9 Å². The molecule has 1 heterocycles. The molecule has 1 N–H and O–H groups in total. The first-order valence-electron chi connectivity index (χ1n) is 6.42. The fourth-order valence-corrected chi connectivity index (χ4v) is 2.53. The lowest BCUT2D eigenvalue weighted by Gasteiger charge is -2.27. The number of nitrogens with zero attached hydrogens (tertiary/aromatic N) is 1. The van der Waals surface area contributed by atoms with Crippen LogP contribution in [0.3, 0.4) is 0 Å². The number of rotatable bonds is 4. The second kappa shape index (κ2) is 6.41. The normalized spacial score (nSPS) is 20.3. The van der Waals surface area contributed by atoms with E-state index in [0.29, 0.717) is 23.4 Å². The van der Waals surface area contributed by atoms with Gasteiger partial charge in [-0.25, -0.2) is 0 Å². The summed E-state index contributed by atoms with van der Waals surface area (Å²) in [4.78, 5) is 2.17. The minimum absolute atomic E-state index is 0.302. The number of hydrogen-bond acceptors (Lipinski definition) is 3. The van der Waals surface area contributed by atoms with Crippen LogP contribution in [0.2, 0.25) is 5.02 Å². The van der Waals surface area contributed by atoms with Gasteiger partial charge < -0.3 is 9.84 Å². The molecular weight excluding hydrogens is 250 g/mol. The lowest BCUT2D eigenvalue weighted by Crippen LogP contribution is -2.33. The molecule has 18 heavy (non-hydrogen) atoms. The number of hydrogen-bond donors (Lipinski definition) is 1. The molecule has 1 aliphatic heterocycles. The van der Waals surface area contributed by atoms with E-state index >= 15 is 0 Å². The van der Waals surface area contributed by atoms with Crippen molar-refractivity contribution in [3.05, 3.63) is 28.8 Å². The van der Waals surface area contributed by atoms with Crippen molar-refractivity contribution in [1.82, 2.24) is 4.90 Å². The predicted molar refractivity (Wildman–Crippen MR) is 73.0 cm³/mol. The zero-order valence-corrected chi connectivity index (χ0v) is 11.5. The van der Waals surface area contributed by atoms with Gasteiger partial charge in [-0.2, -0.15) is 0 Å². The third kappa shape index (κ3) is 3.87. The standard InChI is InChI=1S/C14H20ClNO2/c1-16(10-13-4-2-3-7-18-13)9-11-8-12(15)5-6-14(11)17/h5-6,8,13,17H,2-4,7,9-10H2,1H3. The molecule has 1 saturated heterocycles. The fourth-order valence-electron chi connectivity index (χ4n) is 2.34. The number of phenols is 1. The van der Waals surface area contributed by atoms with Gasteiger partial charge in [-0.15, -0.1) is 0 Å². The lowest BCUT2D eigenvalue weighted by molar-refractivity contribution is -0.00267. The molecule has 0 bridgehead atoms. The van der Waals surface area contributed by atoms with Gasteiger partial charge in [0.1, 0.15) is 5.75 Å². The molecule has 0 amide bonds. The summed E-state index contributed by atoms with van der Waals surface area (Å²) < 4.78 is 5.71. The second-order valence-corrected chi connectivity index (χ2v) is 5.39. The topological polar surface area (TPSA) is 32.7 Å². The third-order valence-electron chi connectivity index (χ3n) is 3.27. The fraction of sp³-hybridized carbons (Fsp3) is 0.571. The number of benzene rings is 1. The van der Waals surface area contributed by atoms with E-state index in [9.17, 15) is 5.11 Å². The highest BCUT2D eigenvalue weighted by Crippen LogP contribution is 2.23. The van der Waals surface area contributed by atoms with Crippen LogP contribution >= 0.6 is 11.6 Å². The van der Waals surface area contributed by atoms with Crippen molar-refractivity contribution >= 4 is 11.6 Å². The van der Waals surface area contributed by atoms with E-state index in [4.69, 9.17) is 16.3 Å². The predicted octanol–water partition coefficient (Wildman–Crippen LogP) is 3.05. The Morgan fingerprint density at radius 1 is 1.44 bits per heavy atom. The Balaban J connectivity index is 1.89. The summed E-state index contributed by atoms with van der Waals surface area (Å²) in [6, 6.07) is 5.16. The van der Waals surface area contributed by atoms with Gasteiger partial charge >= 0.3 is 0 Å². The number of halogens is 1. The zero-order chi connectivity index (χ0) is 13.0. The molecule has 0 saturated carbocycles. The molecule has 1 fully saturated rings. The first-order chi connectivity index (χ1) is 8.65. The number of ether oxygens (including phenoxy) is 1. The quantitative estimate of drug-likeness (QED) is 0.912. The van der Waals surface area contributed by atoms with Gasteiger partial charge in [0, 0.05) is 30.3 Å². The average molecular weight is 270 g/mol. The molecule has 1 aromatic carbocycles. The highest BCUT2D eigenvalue weighted by molar-refractivity contribution is 6.30. The van der Waals surface area contributed by atoms with Crippen LogP contribution in [0.5, 0.6) is 5.75 Å². The molecular formula is C14H20ClNO2. The number of likely N-dealkylation sites (N-methyl/N-ethyl adjacent to an activating group) is 1. The van der Waals surface area contributed by atoms with Crippen LogP contribution in [0.1, 0.15) is 24.8 Å². The maximum Gasteiger partial charge on any atom is 0.120 e. The Morgan fingerprint density at radius 3 is 3.00 bits per heavy atom. The first kappa shape index (κ1) is 13.7. The minimum Gasteiger partial charge on any atom is -0.508 e. The van der Waals surface area contributed by atoms with Gasteiger partial charge in [0.15, 0.2) is 0 Å². The summed E-state index contributed by atoms with van der Waals surface area (Å²) >= 11 is 5.94. The highest BCUT2D eigenvalue weighted by atomic mass is 35.5. The van der Waals surface area contributed by atoms with Crippen molar-refractivity contribution in [3.8, 4) is 5.75 Å². The summed E-state index contributed by atoms with van der Waals surface area (Å²) in [5.74, 6) is 0.302. The van der Waals surface area contributed by atoms with Crippen molar-refractivity contribution in [2.24, 2.45) is 0 Å². The first-order valence-corrected chi connectivity index (χ1v) is 6.80. The molecule has 3 nitrogen and oxygen atoms in total. The molecule has 0 aromatic heterocycles. The maximum atomic E-state index is 9.77. The summed E-state index contributed by atoms with van der Waals surface area (Å²) in [6.07, 6.45) is 3.88. The largest absolute Gasteiger partial charge is 0.508 e. The van der Waals surface area contributed by atoms with Crippen LogP contribution in [0.25, 0.3) is 0 Å². The van der Waals surface area contributed by atoms with E-state index in [1.807, 2.05) is 13.1 Å². The van der Waals surface area contributed by atoms with Gasteiger partial charge in [0.25, 0.3) is 0 Å². The summed E-state index contributed by atoms with van der Waals surface area (Å²) in [5.41, 5.74) is 0.862. The van der Waals surface area contributed by atoms with Crippen molar-refractivity contribution in [1.29, 1.82) is 0 Å². The van der Waals surface area contributed by atoms with Crippen LogP contribution in [-0.2, 0) is 11.3 Å². The van der Waals surface area contributed by atoms with E-state index in [1.54, 1.807) is 12.1 Å². The summed E-state index contributed by atoms with van der Waals surface area (Å²) in [5, 5.41) is 10.4. The van der Waals surface area contributed by atoms with Crippen LogP contribution in [0.4, 0.5) is 0 Å². The molecule has 0 aliphatic carbocycles. The van der Waals surface area contributed by atoms with Crippen LogP contribution < -0.4 is 0 Å². The third-order valence-corrected chi connectivity index (χ3v) is 3.51. The van der Waals surface area contributed by atoms with Crippen LogP contribution in [0.15, 0.2) is 18.2 Å². The maximum absolute atomic E-state index is 9.77. The van der Waals surface area contributed by atoms with E-state index in [-0.39, 0.29) is 0 Å². The number of phenolic OH excluding ortho intramolecular Hbond substituents is 1. The van der Waals surface area contributed by atoms with Gasteiger partial charge in [0.2, 0.25) is 0 Å². The van der Waals surface area contributed by atoms with Crippen LogP contribution in [-0.4, -0.2) is 36.3 Å². The smallest absolute Gasteiger partial charge is 0.120 e. The molecule has 0 radical (unpaired) electrons. The average Bonchev–Trinajstić information content (AvgIpc) is 2.35. The Hall–Kier alpha value is -0.770. The molecule has 2 rings (SSSR count). The Morgan fingerprint density at radius 2 is 2.28 bits per heavy atom. The molecule has 100 valence electrons. The van der Waals surface area contributed by atoms with E-state index in [2.05, 4.69) is 4.90 Å². The number of aromatic hydroxyl groups is 1. The Kier molecular flexibility index (Phi) is 4.87. The van der Waals surface area contributed by atoms with Gasteiger partial charge in [-0.05, 0) is 44.5 Å². The molecule has 1 aromatic rings. The second-order valence-electron chi connectivity index (χ2n) is 4.96. The van der Waals surface area contributed by atoms with Gasteiger partial charge in [-0.3, -0.25) is 4.90 Å². The van der Waals surface area contributed by atoms with Crippen LogP contribution in [0, 0.1) is 0 Å². The van der Waals surface area contributed by atoms with E-state index in [0.717, 1.165) is 25.1 Å². The molecule has 4 heteroatoms. The van der Waals surface area contributed by atoms with Gasteiger partial charge in [0.05, 0.1) is 6.10 Å². The minimum atomic E-state index is 0.302. The monoisotopic (exact) mass is 269 g/mol. The molecule has 1 aliphatic rings. The summed E-state index contributed by atoms with van der Waals surface area (Å²) in [6.45, 7) is 2.46. The van der Waals surface area contributed by atoms with E-state index < -0.39 is 0 Å². The SMILES string of the molecule is CN(Cc1cc(Cl)ccc1O)CC1CCCCO1. The molecule has 1 unspecified atom stereocenters. The lowest BCUT2D eigenvalue weighted by atomic mass is 10.1. The van der Waals surface area contributed by atoms with Crippen molar-refractivity contribution in [2.75, 3.05) is 20.2 Å². The van der Waals surface area contributed by atoms with E-state index in [1.165, 1.54) is 12.8 Å². The molecule has 0 spiro atoms. The molecule has 1 atom stereocenters. The Labute approximate surface area is 113 Å². The highest BCUT2D eigenvalue weighted by Gasteiger charge is 2.16. The van der Waals surface area contributed by atoms with Gasteiger partial charge in [-0.1, -0.05) is 11.6 Å². The zero-order valence-electron chi connectivity index (χ0n) is 10.7.